The largest absolute Gasteiger partial charge is 0.389 e. The zero-order valence-electron chi connectivity index (χ0n) is 11.0. The summed E-state index contributed by atoms with van der Waals surface area (Å²) in [6.07, 6.45) is 2.43. The molecule has 0 aromatic rings. The summed E-state index contributed by atoms with van der Waals surface area (Å²) in [5.74, 6) is 1.44. The second kappa shape index (κ2) is 3.03. The minimum atomic E-state index is -0.814. The van der Waals surface area contributed by atoms with Crippen molar-refractivity contribution in [1.82, 2.24) is 0 Å². The smallest absolute Gasteiger partial charge is 0.143 e. The lowest BCUT2D eigenvalue weighted by molar-refractivity contribution is -0.120. The molecule has 0 heterocycles. The summed E-state index contributed by atoms with van der Waals surface area (Å²) in [6.45, 7) is 10.5. The van der Waals surface area contributed by atoms with E-state index in [0.29, 0.717) is 23.7 Å². The third-order valence-electron chi connectivity index (χ3n) is 5.70. The quantitative estimate of drug-likeness (QED) is 0.654. The van der Waals surface area contributed by atoms with Crippen molar-refractivity contribution in [1.29, 1.82) is 0 Å². The summed E-state index contributed by atoms with van der Waals surface area (Å²) in [7, 11) is 0. The molecule has 3 aliphatic rings. The van der Waals surface area contributed by atoms with Crippen LogP contribution in [0, 0.1) is 29.1 Å². The van der Waals surface area contributed by atoms with E-state index in [2.05, 4.69) is 20.4 Å². The van der Waals surface area contributed by atoms with Gasteiger partial charge in [0, 0.05) is 18.3 Å². The molecule has 94 valence electrons. The fourth-order valence-electron chi connectivity index (χ4n) is 4.76. The van der Waals surface area contributed by atoms with Gasteiger partial charge in [-0.3, -0.25) is 4.79 Å². The molecule has 3 saturated carbocycles. The molecule has 5 atom stereocenters. The van der Waals surface area contributed by atoms with E-state index in [4.69, 9.17) is 0 Å². The molecule has 0 amide bonds. The van der Waals surface area contributed by atoms with Crippen LogP contribution in [0.5, 0.6) is 0 Å². The highest BCUT2D eigenvalue weighted by molar-refractivity contribution is 5.88. The van der Waals surface area contributed by atoms with Gasteiger partial charge in [0.2, 0.25) is 0 Å². The van der Waals surface area contributed by atoms with Crippen LogP contribution in [0.25, 0.3) is 0 Å². The Morgan fingerprint density at radius 2 is 1.94 bits per heavy atom. The highest BCUT2D eigenvalue weighted by atomic mass is 16.3. The number of carbonyl (C=O) groups excluding carboxylic acids is 1. The molecule has 0 bridgehead atoms. The molecule has 3 fully saturated rings. The van der Waals surface area contributed by atoms with Gasteiger partial charge < -0.3 is 5.11 Å². The van der Waals surface area contributed by atoms with E-state index in [1.807, 2.05) is 6.92 Å². The number of allylic oxidation sites excluding steroid dienone is 1. The van der Waals surface area contributed by atoms with E-state index in [1.54, 1.807) is 0 Å². The van der Waals surface area contributed by atoms with Gasteiger partial charge in [0.1, 0.15) is 5.78 Å². The molecule has 0 aromatic heterocycles. The molecule has 1 N–H and O–H groups in total. The molecular weight excluding hydrogens is 212 g/mol. The van der Waals surface area contributed by atoms with E-state index in [1.165, 1.54) is 0 Å². The van der Waals surface area contributed by atoms with Crippen LogP contribution in [-0.2, 0) is 4.79 Å². The lowest BCUT2D eigenvalue weighted by Crippen LogP contribution is -2.35. The Hall–Kier alpha value is -0.630. The van der Waals surface area contributed by atoms with Crippen molar-refractivity contribution >= 4 is 5.78 Å². The average Bonchev–Trinajstić information content (AvgIpc) is 2.67. The first kappa shape index (κ1) is 11.5. The third-order valence-corrected chi connectivity index (χ3v) is 5.70. The van der Waals surface area contributed by atoms with E-state index in [-0.39, 0.29) is 17.6 Å². The summed E-state index contributed by atoms with van der Waals surface area (Å²) in [4.78, 5) is 12.1. The topological polar surface area (TPSA) is 37.3 Å². The van der Waals surface area contributed by atoms with Gasteiger partial charge in [-0.1, -0.05) is 26.0 Å². The Labute approximate surface area is 103 Å². The minimum absolute atomic E-state index is 0.0678. The normalized spacial score (nSPS) is 51.8. The molecule has 2 heteroatoms. The first-order valence-electron chi connectivity index (χ1n) is 6.69. The van der Waals surface area contributed by atoms with Crippen LogP contribution in [0.15, 0.2) is 12.2 Å². The van der Waals surface area contributed by atoms with Crippen LogP contribution in [0.1, 0.15) is 40.0 Å². The predicted octanol–water partition coefficient (Wildman–Crippen LogP) is 2.56. The third kappa shape index (κ3) is 1.33. The minimum Gasteiger partial charge on any atom is -0.389 e. The Bertz CT molecular complexity index is 397. The average molecular weight is 234 g/mol. The molecule has 3 rings (SSSR count). The van der Waals surface area contributed by atoms with Gasteiger partial charge in [-0.15, -0.1) is 0 Å². The van der Waals surface area contributed by atoms with E-state index < -0.39 is 5.60 Å². The summed E-state index contributed by atoms with van der Waals surface area (Å²) in [5.41, 5.74) is 0.560. The van der Waals surface area contributed by atoms with Crippen molar-refractivity contribution in [3.63, 3.8) is 0 Å². The van der Waals surface area contributed by atoms with Crippen molar-refractivity contribution in [2.24, 2.45) is 29.1 Å². The Balaban J connectivity index is 2.04. The summed E-state index contributed by atoms with van der Waals surface area (Å²) in [5, 5.41) is 10.6. The second-order valence-electron chi connectivity index (χ2n) is 7.15. The molecule has 17 heavy (non-hydrogen) atoms. The second-order valence-corrected chi connectivity index (χ2v) is 7.15. The number of hydrogen-bond donors (Lipinski definition) is 1. The van der Waals surface area contributed by atoms with Gasteiger partial charge in [-0.2, -0.15) is 0 Å². The number of rotatable bonds is 0. The maximum absolute atomic E-state index is 12.1. The van der Waals surface area contributed by atoms with E-state index in [0.717, 1.165) is 18.4 Å². The first-order chi connectivity index (χ1) is 7.77. The molecule has 2 nitrogen and oxygen atoms in total. The van der Waals surface area contributed by atoms with Crippen LogP contribution in [0.2, 0.25) is 0 Å². The van der Waals surface area contributed by atoms with Crippen LogP contribution < -0.4 is 0 Å². The van der Waals surface area contributed by atoms with E-state index >= 15 is 0 Å². The number of aliphatic hydroxyl groups is 1. The standard InChI is InChI=1S/C15H22O2/c1-8-5-6-9-12(14(9,2)3)13-11(8)10(16)7-15(13,4)17/h9,11-13,17H,1,5-7H2,2-4H3/t9-,11-,12-,13-,15+/m1/s1. The van der Waals surface area contributed by atoms with Crippen LogP contribution in [0.4, 0.5) is 0 Å². The van der Waals surface area contributed by atoms with Gasteiger partial charge in [0.25, 0.3) is 0 Å². The van der Waals surface area contributed by atoms with Gasteiger partial charge in [0.05, 0.1) is 5.60 Å². The number of hydrogen-bond acceptors (Lipinski definition) is 2. The molecule has 0 aromatic carbocycles. The monoisotopic (exact) mass is 234 g/mol. The van der Waals surface area contributed by atoms with Crippen LogP contribution in [-0.4, -0.2) is 16.5 Å². The highest BCUT2D eigenvalue weighted by Gasteiger charge is 2.69. The van der Waals surface area contributed by atoms with Crippen molar-refractivity contribution < 1.29 is 9.90 Å². The predicted molar refractivity (Wildman–Crippen MR) is 66.4 cm³/mol. The fourth-order valence-corrected chi connectivity index (χ4v) is 4.76. The number of ketones is 1. The molecular formula is C15H22O2. The Morgan fingerprint density at radius 3 is 2.59 bits per heavy atom. The number of Topliss-reactive ketones (excluding diaryl/α,β-unsaturated/α-hetero) is 1. The maximum Gasteiger partial charge on any atom is 0.143 e. The molecule has 0 aliphatic heterocycles. The van der Waals surface area contributed by atoms with Crippen molar-refractivity contribution in [2.75, 3.05) is 0 Å². The summed E-state index contributed by atoms with van der Waals surface area (Å²) < 4.78 is 0. The van der Waals surface area contributed by atoms with Crippen LogP contribution in [0.3, 0.4) is 0 Å². The molecule has 0 saturated heterocycles. The van der Waals surface area contributed by atoms with Gasteiger partial charge >= 0.3 is 0 Å². The highest BCUT2D eigenvalue weighted by Crippen LogP contribution is 2.70. The molecule has 0 unspecified atom stereocenters. The van der Waals surface area contributed by atoms with Crippen molar-refractivity contribution in [3.05, 3.63) is 12.2 Å². The maximum atomic E-state index is 12.1. The number of carbonyl (C=O) groups is 1. The Kier molecular flexibility index (Phi) is 2.04. The lowest BCUT2D eigenvalue weighted by Gasteiger charge is -2.30. The summed E-state index contributed by atoms with van der Waals surface area (Å²) in [6, 6.07) is 0. The molecule has 0 spiro atoms. The summed E-state index contributed by atoms with van der Waals surface area (Å²) >= 11 is 0. The number of fused-ring (bicyclic) bond motifs is 3. The Morgan fingerprint density at radius 1 is 1.29 bits per heavy atom. The SMILES string of the molecule is C=C1CC[C@@H]2[C@H]([C@H]3[C@H]1C(=O)C[C@]3(C)O)C2(C)C. The fraction of sp³-hybridized carbons (Fsp3) is 0.800. The zero-order chi connectivity index (χ0) is 12.6. The van der Waals surface area contributed by atoms with Crippen LogP contribution >= 0.6 is 0 Å². The van der Waals surface area contributed by atoms with Gasteiger partial charge in [-0.05, 0) is 37.0 Å². The lowest BCUT2D eigenvalue weighted by atomic mass is 9.77. The van der Waals surface area contributed by atoms with Crippen molar-refractivity contribution in [3.8, 4) is 0 Å². The first-order valence-corrected chi connectivity index (χ1v) is 6.69. The van der Waals surface area contributed by atoms with Gasteiger partial charge in [-0.25, -0.2) is 0 Å². The van der Waals surface area contributed by atoms with Crippen molar-refractivity contribution in [2.45, 2.75) is 45.6 Å². The zero-order valence-corrected chi connectivity index (χ0v) is 11.0. The molecule has 0 radical (unpaired) electrons. The molecule has 3 aliphatic carbocycles. The van der Waals surface area contributed by atoms with E-state index in [9.17, 15) is 9.90 Å². The van der Waals surface area contributed by atoms with Gasteiger partial charge in [0.15, 0.2) is 0 Å².